The van der Waals surface area contributed by atoms with Crippen LogP contribution in [0.25, 0.3) is 0 Å². The molecule has 0 N–H and O–H groups in total. The van der Waals surface area contributed by atoms with E-state index in [1.165, 1.54) is 17.5 Å². The van der Waals surface area contributed by atoms with E-state index < -0.39 is 10.0 Å². The van der Waals surface area contributed by atoms with Crippen LogP contribution in [0, 0.1) is 12.7 Å². The molecule has 0 saturated carbocycles. The summed E-state index contributed by atoms with van der Waals surface area (Å²) >= 11 is 3.14. The van der Waals surface area contributed by atoms with Crippen LogP contribution in [0.1, 0.15) is 18.1 Å². The molecule has 0 aromatic heterocycles. The summed E-state index contributed by atoms with van der Waals surface area (Å²) in [6, 6.07) is 11.2. The third-order valence-electron chi connectivity index (χ3n) is 3.86. The number of sulfonamides is 1. The number of ether oxygens (including phenoxy) is 1. The van der Waals surface area contributed by atoms with Gasteiger partial charge in [0.1, 0.15) is 5.82 Å². The highest BCUT2D eigenvalue weighted by Crippen LogP contribution is 2.22. The maximum atomic E-state index is 13.4. The van der Waals surface area contributed by atoms with Crippen LogP contribution >= 0.6 is 15.9 Å². The smallest absolute Gasteiger partial charge is 0.243 e. The second-order valence-corrected chi connectivity index (χ2v) is 8.70. The molecule has 0 bridgehead atoms. The van der Waals surface area contributed by atoms with Gasteiger partial charge in [0.25, 0.3) is 0 Å². The van der Waals surface area contributed by atoms with E-state index in [0.29, 0.717) is 10.0 Å². The molecule has 0 aliphatic heterocycles. The molecule has 136 valence electrons. The van der Waals surface area contributed by atoms with Crippen LogP contribution in [0.2, 0.25) is 0 Å². The predicted molar refractivity (Wildman–Crippen MR) is 99.3 cm³/mol. The number of nitrogens with zero attached hydrogens (tertiary/aromatic N) is 1. The van der Waals surface area contributed by atoms with Gasteiger partial charge in [0.15, 0.2) is 0 Å². The fourth-order valence-corrected chi connectivity index (χ4v) is 4.24. The van der Waals surface area contributed by atoms with Crippen molar-refractivity contribution >= 4 is 26.0 Å². The molecule has 0 fully saturated rings. The molecule has 0 aliphatic rings. The number of benzene rings is 2. The Balaban J connectivity index is 2.37. The monoisotopic (exact) mass is 429 g/mol. The lowest BCUT2D eigenvalue weighted by molar-refractivity contribution is 0.0980. The number of rotatable bonds is 7. The number of hydrogen-bond acceptors (Lipinski definition) is 3. The van der Waals surface area contributed by atoms with E-state index in [1.807, 2.05) is 6.92 Å². The van der Waals surface area contributed by atoms with Crippen molar-refractivity contribution in [2.24, 2.45) is 0 Å². The van der Waals surface area contributed by atoms with Gasteiger partial charge in [-0.2, -0.15) is 4.31 Å². The van der Waals surface area contributed by atoms with E-state index >= 15 is 0 Å². The normalized spacial score (nSPS) is 13.2. The van der Waals surface area contributed by atoms with Crippen molar-refractivity contribution in [3.05, 3.63) is 63.9 Å². The number of hydrogen-bond donors (Lipinski definition) is 0. The molecule has 0 radical (unpaired) electrons. The molecular weight excluding hydrogens is 409 g/mol. The Bertz CT molecular complexity index is 825. The summed E-state index contributed by atoms with van der Waals surface area (Å²) in [4.78, 5) is 0.225. The van der Waals surface area contributed by atoms with Crippen molar-refractivity contribution in [2.75, 3.05) is 13.7 Å². The molecule has 25 heavy (non-hydrogen) atoms. The van der Waals surface area contributed by atoms with Gasteiger partial charge >= 0.3 is 0 Å². The van der Waals surface area contributed by atoms with Gasteiger partial charge in [-0.1, -0.05) is 23.8 Å². The first-order valence-electron chi connectivity index (χ1n) is 7.77. The van der Waals surface area contributed by atoms with Gasteiger partial charge in [0.2, 0.25) is 10.0 Å². The summed E-state index contributed by atoms with van der Waals surface area (Å²) in [6.45, 7) is 4.03. The highest BCUT2D eigenvalue weighted by atomic mass is 79.9. The molecule has 0 saturated heterocycles. The highest BCUT2D eigenvalue weighted by Gasteiger charge is 2.26. The van der Waals surface area contributed by atoms with Gasteiger partial charge in [0, 0.05) is 20.2 Å². The third-order valence-corrected chi connectivity index (χ3v) is 6.30. The lowest BCUT2D eigenvalue weighted by atomic mass is 10.2. The van der Waals surface area contributed by atoms with Crippen LogP contribution in [-0.2, 0) is 21.3 Å². The van der Waals surface area contributed by atoms with Crippen molar-refractivity contribution in [3.8, 4) is 0 Å². The van der Waals surface area contributed by atoms with Crippen molar-refractivity contribution in [1.82, 2.24) is 4.31 Å². The second kappa shape index (κ2) is 8.40. The quantitative estimate of drug-likeness (QED) is 0.664. The third kappa shape index (κ3) is 5.10. The summed E-state index contributed by atoms with van der Waals surface area (Å²) in [7, 11) is -2.16. The van der Waals surface area contributed by atoms with E-state index in [0.717, 1.165) is 5.56 Å². The molecule has 2 aromatic rings. The van der Waals surface area contributed by atoms with Gasteiger partial charge < -0.3 is 4.74 Å². The van der Waals surface area contributed by atoms with Crippen molar-refractivity contribution in [1.29, 1.82) is 0 Å². The Hall–Kier alpha value is -1.28. The maximum Gasteiger partial charge on any atom is 0.243 e. The lowest BCUT2D eigenvalue weighted by Gasteiger charge is -2.25. The molecule has 2 rings (SSSR count). The van der Waals surface area contributed by atoms with Crippen LogP contribution in [0.3, 0.4) is 0 Å². The fourth-order valence-electron chi connectivity index (χ4n) is 2.31. The Kier molecular flexibility index (Phi) is 6.73. The zero-order chi connectivity index (χ0) is 18.6. The fraction of sp³-hybridized carbons (Fsp3) is 0.333. The minimum Gasteiger partial charge on any atom is -0.380 e. The molecule has 2 aromatic carbocycles. The minimum atomic E-state index is -3.70. The molecule has 1 unspecified atom stereocenters. The van der Waals surface area contributed by atoms with Gasteiger partial charge in [0.05, 0.1) is 15.5 Å². The Morgan fingerprint density at radius 1 is 1.20 bits per heavy atom. The van der Waals surface area contributed by atoms with Crippen molar-refractivity contribution in [2.45, 2.75) is 31.4 Å². The van der Waals surface area contributed by atoms with Crippen molar-refractivity contribution in [3.63, 3.8) is 0 Å². The molecule has 0 amide bonds. The van der Waals surface area contributed by atoms with Gasteiger partial charge in [-0.05, 0) is 59.6 Å². The molecule has 7 heteroatoms. The molecule has 0 spiro atoms. The van der Waals surface area contributed by atoms with Gasteiger partial charge in [-0.25, -0.2) is 12.8 Å². The lowest BCUT2D eigenvalue weighted by Crippen LogP contribution is -2.36. The minimum absolute atomic E-state index is 0.128. The Morgan fingerprint density at radius 3 is 2.40 bits per heavy atom. The van der Waals surface area contributed by atoms with Crippen LogP contribution in [0.5, 0.6) is 0 Å². The van der Waals surface area contributed by atoms with Crippen LogP contribution in [0.4, 0.5) is 4.39 Å². The molecular formula is C18H21BrFNO3S. The standard InChI is InChI=1S/C18H21BrFNO3S/c1-13-4-7-16(8-5-13)25(22,23)21(11-14(2)24-3)12-15-6-9-18(20)17(19)10-15/h4-10,14H,11-12H2,1-3H3. The average Bonchev–Trinajstić information content (AvgIpc) is 2.57. The van der Waals surface area contributed by atoms with E-state index in [9.17, 15) is 12.8 Å². The largest absolute Gasteiger partial charge is 0.380 e. The molecule has 1 atom stereocenters. The average molecular weight is 430 g/mol. The van der Waals surface area contributed by atoms with E-state index in [-0.39, 0.29) is 29.9 Å². The summed E-state index contributed by atoms with van der Waals surface area (Å²) in [5.74, 6) is -0.387. The number of aryl methyl sites for hydroxylation is 1. The summed E-state index contributed by atoms with van der Waals surface area (Å²) < 4.78 is 46.4. The first-order valence-corrected chi connectivity index (χ1v) is 10.0. The first-order chi connectivity index (χ1) is 11.7. The summed E-state index contributed by atoms with van der Waals surface area (Å²) in [5, 5.41) is 0. The number of halogens is 2. The Morgan fingerprint density at radius 2 is 1.84 bits per heavy atom. The summed E-state index contributed by atoms with van der Waals surface area (Å²) in [5.41, 5.74) is 1.67. The first kappa shape index (κ1) is 20.0. The predicted octanol–water partition coefficient (Wildman–Crippen LogP) is 4.12. The van der Waals surface area contributed by atoms with E-state index in [4.69, 9.17) is 4.74 Å². The number of methoxy groups -OCH3 is 1. The van der Waals surface area contributed by atoms with Crippen LogP contribution in [-0.4, -0.2) is 32.5 Å². The topological polar surface area (TPSA) is 46.6 Å². The Labute approximate surface area is 156 Å². The zero-order valence-electron chi connectivity index (χ0n) is 14.4. The van der Waals surface area contributed by atoms with Gasteiger partial charge in [-0.3, -0.25) is 0 Å². The van der Waals surface area contributed by atoms with Crippen LogP contribution < -0.4 is 0 Å². The van der Waals surface area contributed by atoms with Crippen molar-refractivity contribution < 1.29 is 17.5 Å². The maximum absolute atomic E-state index is 13.4. The molecule has 4 nitrogen and oxygen atoms in total. The summed E-state index contributed by atoms with van der Waals surface area (Å²) in [6.07, 6.45) is -0.274. The van der Waals surface area contributed by atoms with E-state index in [1.54, 1.807) is 43.3 Å². The molecule has 0 aliphatic carbocycles. The zero-order valence-corrected chi connectivity index (χ0v) is 16.8. The highest BCUT2D eigenvalue weighted by molar-refractivity contribution is 9.10. The van der Waals surface area contributed by atoms with E-state index in [2.05, 4.69) is 15.9 Å². The SMILES string of the molecule is COC(C)CN(Cc1ccc(F)c(Br)c1)S(=O)(=O)c1ccc(C)cc1. The van der Waals surface area contributed by atoms with Gasteiger partial charge in [-0.15, -0.1) is 0 Å². The second-order valence-electron chi connectivity index (χ2n) is 5.91. The molecule has 0 heterocycles. The van der Waals surface area contributed by atoms with Crippen LogP contribution in [0.15, 0.2) is 51.8 Å².